The molecule has 0 saturated carbocycles. The first-order valence-electron chi connectivity index (χ1n) is 5.00. The van der Waals surface area contributed by atoms with Crippen LogP contribution in [0.5, 0.6) is 0 Å². The number of hydrogen-bond acceptors (Lipinski definition) is 3. The molecular formula is C11H17N3O. The van der Waals surface area contributed by atoms with Crippen molar-refractivity contribution in [3.8, 4) is 0 Å². The van der Waals surface area contributed by atoms with Crippen molar-refractivity contribution in [3.05, 3.63) is 30.1 Å². The molecule has 4 nitrogen and oxygen atoms in total. The van der Waals surface area contributed by atoms with Crippen molar-refractivity contribution in [3.63, 3.8) is 0 Å². The van der Waals surface area contributed by atoms with E-state index in [1.54, 1.807) is 31.3 Å². The fourth-order valence-electron chi connectivity index (χ4n) is 1.30. The molecule has 0 aliphatic carbocycles. The maximum atomic E-state index is 11.5. The molecule has 1 aromatic rings. The van der Waals surface area contributed by atoms with Crippen LogP contribution in [-0.4, -0.2) is 35.4 Å². The van der Waals surface area contributed by atoms with E-state index in [0.717, 1.165) is 6.42 Å². The van der Waals surface area contributed by atoms with E-state index in [0.29, 0.717) is 6.54 Å². The van der Waals surface area contributed by atoms with Gasteiger partial charge >= 0.3 is 0 Å². The van der Waals surface area contributed by atoms with Crippen molar-refractivity contribution in [1.82, 2.24) is 9.88 Å². The van der Waals surface area contributed by atoms with E-state index in [9.17, 15) is 4.79 Å². The number of nitrogens with zero attached hydrogens (tertiary/aromatic N) is 2. The summed E-state index contributed by atoms with van der Waals surface area (Å²) in [6.45, 7) is 2.38. The summed E-state index contributed by atoms with van der Waals surface area (Å²) in [7, 11) is 1.77. The largest absolute Gasteiger partial charge is 0.344 e. The van der Waals surface area contributed by atoms with Crippen LogP contribution >= 0.6 is 0 Å². The minimum atomic E-state index is -0.424. The topological polar surface area (TPSA) is 59.2 Å². The number of pyridine rings is 1. The lowest BCUT2D eigenvalue weighted by Gasteiger charge is -2.19. The van der Waals surface area contributed by atoms with Gasteiger partial charge in [0.15, 0.2) is 0 Å². The Morgan fingerprint density at radius 3 is 2.67 bits per heavy atom. The molecule has 1 amide bonds. The lowest BCUT2D eigenvalue weighted by molar-refractivity contribution is -0.130. The number of carbonyl (C=O) groups excluding carboxylic acids is 1. The molecule has 0 aliphatic rings. The molecule has 1 aromatic heterocycles. The molecule has 0 aliphatic heterocycles. The molecule has 0 radical (unpaired) electrons. The van der Waals surface area contributed by atoms with Gasteiger partial charge in [-0.1, -0.05) is 0 Å². The van der Waals surface area contributed by atoms with E-state index in [1.165, 1.54) is 5.56 Å². The van der Waals surface area contributed by atoms with Crippen LogP contribution in [0, 0.1) is 0 Å². The van der Waals surface area contributed by atoms with Crippen molar-refractivity contribution in [1.29, 1.82) is 0 Å². The van der Waals surface area contributed by atoms with Crippen LogP contribution in [0.1, 0.15) is 12.5 Å². The summed E-state index contributed by atoms with van der Waals surface area (Å²) in [5, 5.41) is 0. The van der Waals surface area contributed by atoms with Gasteiger partial charge in [0.05, 0.1) is 6.04 Å². The highest BCUT2D eigenvalue weighted by Gasteiger charge is 2.12. The molecule has 0 unspecified atom stereocenters. The molecule has 1 atom stereocenters. The van der Waals surface area contributed by atoms with E-state index in [4.69, 9.17) is 5.73 Å². The normalized spacial score (nSPS) is 12.2. The smallest absolute Gasteiger partial charge is 0.238 e. The summed E-state index contributed by atoms with van der Waals surface area (Å²) in [5.41, 5.74) is 6.68. The maximum Gasteiger partial charge on any atom is 0.238 e. The van der Waals surface area contributed by atoms with Crippen molar-refractivity contribution in [2.45, 2.75) is 19.4 Å². The number of hydrogen-bond donors (Lipinski definition) is 1. The molecule has 1 rings (SSSR count). The fourth-order valence-corrected chi connectivity index (χ4v) is 1.30. The first-order valence-corrected chi connectivity index (χ1v) is 5.00. The SMILES string of the molecule is C[C@@H](N)C(=O)N(C)CCc1ccncc1. The summed E-state index contributed by atoms with van der Waals surface area (Å²) in [4.78, 5) is 17.0. The van der Waals surface area contributed by atoms with E-state index < -0.39 is 6.04 Å². The molecule has 0 saturated heterocycles. The Balaban J connectivity index is 2.41. The number of nitrogens with two attached hydrogens (primary N) is 1. The van der Waals surface area contributed by atoms with Crippen LogP contribution in [-0.2, 0) is 11.2 Å². The Morgan fingerprint density at radius 1 is 1.53 bits per heavy atom. The number of rotatable bonds is 4. The molecular weight excluding hydrogens is 190 g/mol. The van der Waals surface area contributed by atoms with Gasteiger partial charge in [-0.15, -0.1) is 0 Å². The van der Waals surface area contributed by atoms with Crippen LogP contribution < -0.4 is 5.73 Å². The minimum Gasteiger partial charge on any atom is -0.344 e. The first-order chi connectivity index (χ1) is 7.11. The Bertz CT molecular complexity index is 311. The van der Waals surface area contributed by atoms with Gasteiger partial charge in [-0.3, -0.25) is 9.78 Å². The molecule has 2 N–H and O–H groups in total. The Hall–Kier alpha value is -1.42. The Morgan fingerprint density at radius 2 is 2.13 bits per heavy atom. The zero-order valence-corrected chi connectivity index (χ0v) is 9.18. The highest BCUT2D eigenvalue weighted by molar-refractivity contribution is 5.80. The Labute approximate surface area is 90.1 Å². The van der Waals surface area contributed by atoms with Gasteiger partial charge in [0, 0.05) is 26.0 Å². The lowest BCUT2D eigenvalue weighted by Crippen LogP contribution is -2.40. The van der Waals surface area contributed by atoms with Gasteiger partial charge in [-0.25, -0.2) is 0 Å². The van der Waals surface area contributed by atoms with Gasteiger partial charge in [-0.2, -0.15) is 0 Å². The average molecular weight is 207 g/mol. The van der Waals surface area contributed by atoms with Gasteiger partial charge < -0.3 is 10.6 Å². The fraction of sp³-hybridized carbons (Fsp3) is 0.455. The zero-order chi connectivity index (χ0) is 11.3. The molecule has 0 spiro atoms. The summed E-state index contributed by atoms with van der Waals surface area (Å²) < 4.78 is 0. The number of carbonyl (C=O) groups is 1. The first kappa shape index (κ1) is 11.7. The molecule has 15 heavy (non-hydrogen) atoms. The maximum absolute atomic E-state index is 11.5. The van der Waals surface area contributed by atoms with Gasteiger partial charge in [0.1, 0.15) is 0 Å². The zero-order valence-electron chi connectivity index (χ0n) is 9.18. The summed E-state index contributed by atoms with van der Waals surface area (Å²) in [6.07, 6.45) is 4.34. The molecule has 0 aromatic carbocycles. The van der Waals surface area contributed by atoms with Crippen molar-refractivity contribution in [2.75, 3.05) is 13.6 Å². The van der Waals surface area contributed by atoms with E-state index in [1.807, 2.05) is 12.1 Å². The summed E-state index contributed by atoms with van der Waals surface area (Å²) in [6, 6.07) is 3.47. The molecule has 82 valence electrons. The third kappa shape index (κ3) is 3.67. The minimum absolute atomic E-state index is 0.0240. The van der Waals surface area contributed by atoms with Gasteiger partial charge in [0.2, 0.25) is 5.91 Å². The third-order valence-corrected chi connectivity index (χ3v) is 2.25. The van der Waals surface area contributed by atoms with Gasteiger partial charge in [0.25, 0.3) is 0 Å². The van der Waals surface area contributed by atoms with E-state index in [-0.39, 0.29) is 5.91 Å². The van der Waals surface area contributed by atoms with Crippen molar-refractivity contribution < 1.29 is 4.79 Å². The molecule has 4 heteroatoms. The second kappa shape index (κ2) is 5.46. The number of likely N-dealkylation sites (N-methyl/N-ethyl adjacent to an activating group) is 1. The number of amides is 1. The van der Waals surface area contributed by atoms with Crippen molar-refractivity contribution >= 4 is 5.91 Å². The van der Waals surface area contributed by atoms with Crippen LogP contribution in [0.25, 0.3) is 0 Å². The summed E-state index contributed by atoms with van der Waals surface area (Å²) in [5.74, 6) is -0.0240. The molecule has 1 heterocycles. The second-order valence-electron chi connectivity index (χ2n) is 3.65. The van der Waals surface area contributed by atoms with Gasteiger partial charge in [-0.05, 0) is 31.0 Å². The predicted molar refractivity (Wildman–Crippen MR) is 59.2 cm³/mol. The quantitative estimate of drug-likeness (QED) is 0.779. The molecule has 0 bridgehead atoms. The van der Waals surface area contributed by atoms with Crippen LogP contribution in [0.4, 0.5) is 0 Å². The lowest BCUT2D eigenvalue weighted by atomic mass is 10.2. The van der Waals surface area contributed by atoms with Crippen LogP contribution in [0.2, 0.25) is 0 Å². The highest BCUT2D eigenvalue weighted by Crippen LogP contribution is 1.99. The van der Waals surface area contributed by atoms with E-state index in [2.05, 4.69) is 4.98 Å². The molecule has 0 fully saturated rings. The average Bonchev–Trinajstić information content (AvgIpc) is 2.26. The predicted octanol–water partition coefficient (Wildman–Crippen LogP) is 0.430. The van der Waals surface area contributed by atoms with Crippen molar-refractivity contribution in [2.24, 2.45) is 5.73 Å². The monoisotopic (exact) mass is 207 g/mol. The highest BCUT2D eigenvalue weighted by atomic mass is 16.2. The van der Waals surface area contributed by atoms with E-state index >= 15 is 0 Å². The standard InChI is InChI=1S/C11H17N3O/c1-9(12)11(15)14(2)8-5-10-3-6-13-7-4-10/h3-4,6-7,9H,5,8,12H2,1-2H3/t9-/m1/s1. The number of aromatic nitrogens is 1. The van der Waals surface area contributed by atoms with Crippen LogP contribution in [0.15, 0.2) is 24.5 Å². The van der Waals surface area contributed by atoms with Crippen LogP contribution in [0.3, 0.4) is 0 Å². The third-order valence-electron chi connectivity index (χ3n) is 2.25. The Kier molecular flexibility index (Phi) is 4.24. The second-order valence-corrected chi connectivity index (χ2v) is 3.65. The summed E-state index contributed by atoms with van der Waals surface area (Å²) >= 11 is 0.